The number of carbonyl (C=O) groups excluding carboxylic acids is 1. The van der Waals surface area contributed by atoms with E-state index in [-0.39, 0.29) is 10.1 Å². The van der Waals surface area contributed by atoms with Crippen LogP contribution in [0.1, 0.15) is 17.7 Å². The van der Waals surface area contributed by atoms with Crippen molar-refractivity contribution in [3.05, 3.63) is 33.2 Å². The zero-order valence-electron chi connectivity index (χ0n) is 9.45. The molecular weight excluding hydrogens is 272 g/mol. The highest BCUT2D eigenvalue weighted by Gasteiger charge is 2.09. The minimum Gasteiger partial charge on any atom is -0.544 e. The molecule has 0 amide bonds. The average molecular weight is 281 g/mol. The molecule has 0 aliphatic heterocycles. The summed E-state index contributed by atoms with van der Waals surface area (Å²) in [4.78, 5) is 11.9. The van der Waals surface area contributed by atoms with Gasteiger partial charge in [-0.1, -0.05) is 13.0 Å². The van der Waals surface area contributed by atoms with Crippen molar-refractivity contribution >= 4 is 35.1 Å². The Kier molecular flexibility index (Phi) is 4.16. The van der Waals surface area contributed by atoms with Gasteiger partial charge in [0.15, 0.2) is 0 Å². The third-order valence-electron chi connectivity index (χ3n) is 1.97. The van der Waals surface area contributed by atoms with E-state index in [1.807, 2.05) is 24.4 Å². The number of hydrogen-bond donors (Lipinski definition) is 0. The summed E-state index contributed by atoms with van der Waals surface area (Å²) in [7, 11) is 0. The third-order valence-corrected chi connectivity index (χ3v) is 3.63. The first-order chi connectivity index (χ1) is 8.69. The second-order valence-electron chi connectivity index (χ2n) is 3.23. The first-order valence-corrected chi connectivity index (χ1v) is 6.85. The van der Waals surface area contributed by atoms with Crippen molar-refractivity contribution in [1.29, 1.82) is 0 Å². The van der Waals surface area contributed by atoms with Crippen molar-refractivity contribution in [2.45, 2.75) is 18.6 Å². The summed E-state index contributed by atoms with van der Waals surface area (Å²) in [5.74, 6) is -0.782. The number of carboxylic acids is 1. The van der Waals surface area contributed by atoms with E-state index in [2.05, 4.69) is 10.2 Å². The van der Waals surface area contributed by atoms with Gasteiger partial charge in [-0.2, -0.15) is 0 Å². The highest BCUT2D eigenvalue weighted by Crippen LogP contribution is 2.27. The SMILES string of the molecule is CCc1nnc(S/C(=C/c2cccs2)C(=O)[O-])o1. The lowest BCUT2D eigenvalue weighted by atomic mass is 10.4. The van der Waals surface area contributed by atoms with Crippen molar-refractivity contribution in [1.82, 2.24) is 10.2 Å². The number of thiophene rings is 1. The fourth-order valence-corrected chi connectivity index (χ4v) is 2.56. The summed E-state index contributed by atoms with van der Waals surface area (Å²) in [6.07, 6.45) is 2.14. The molecule has 0 radical (unpaired) electrons. The molecule has 5 nitrogen and oxygen atoms in total. The quantitative estimate of drug-likeness (QED) is 0.611. The van der Waals surface area contributed by atoms with E-state index in [0.29, 0.717) is 12.3 Å². The molecule has 2 aromatic rings. The molecular formula is C11H9N2O3S2-. The fourth-order valence-electron chi connectivity index (χ4n) is 1.15. The van der Waals surface area contributed by atoms with Crippen LogP contribution in [-0.2, 0) is 11.2 Å². The highest BCUT2D eigenvalue weighted by molar-refractivity contribution is 8.03. The maximum absolute atomic E-state index is 11.0. The normalized spacial score (nSPS) is 11.7. The Labute approximate surface area is 112 Å². The molecule has 0 saturated carbocycles. The zero-order chi connectivity index (χ0) is 13.0. The van der Waals surface area contributed by atoms with Gasteiger partial charge in [-0.25, -0.2) is 0 Å². The van der Waals surface area contributed by atoms with Gasteiger partial charge < -0.3 is 14.3 Å². The van der Waals surface area contributed by atoms with Crippen LogP contribution in [-0.4, -0.2) is 16.2 Å². The van der Waals surface area contributed by atoms with Gasteiger partial charge in [0.25, 0.3) is 5.22 Å². The molecule has 0 N–H and O–H groups in total. The summed E-state index contributed by atoms with van der Waals surface area (Å²) in [6, 6.07) is 3.66. The average Bonchev–Trinajstić information content (AvgIpc) is 2.99. The molecule has 0 atom stereocenters. The molecule has 2 rings (SSSR count). The van der Waals surface area contributed by atoms with Crippen LogP contribution < -0.4 is 5.11 Å². The lowest BCUT2D eigenvalue weighted by molar-refractivity contribution is -0.298. The minimum absolute atomic E-state index is 0.0451. The van der Waals surface area contributed by atoms with Crippen LogP contribution in [0.4, 0.5) is 0 Å². The molecule has 94 valence electrons. The first-order valence-electron chi connectivity index (χ1n) is 5.16. The first kappa shape index (κ1) is 12.8. The van der Waals surface area contributed by atoms with E-state index >= 15 is 0 Å². The summed E-state index contributed by atoms with van der Waals surface area (Å²) >= 11 is 2.34. The molecule has 0 aromatic carbocycles. The predicted molar refractivity (Wildman–Crippen MR) is 66.8 cm³/mol. The zero-order valence-corrected chi connectivity index (χ0v) is 11.1. The van der Waals surface area contributed by atoms with Gasteiger partial charge in [-0.3, -0.25) is 0 Å². The second kappa shape index (κ2) is 5.83. The van der Waals surface area contributed by atoms with Crippen molar-refractivity contribution < 1.29 is 14.3 Å². The highest BCUT2D eigenvalue weighted by atomic mass is 32.2. The molecule has 0 spiro atoms. The van der Waals surface area contributed by atoms with Crippen LogP contribution >= 0.6 is 23.1 Å². The van der Waals surface area contributed by atoms with Crippen LogP contribution in [0.5, 0.6) is 0 Å². The van der Waals surface area contributed by atoms with Crippen LogP contribution in [0.2, 0.25) is 0 Å². The Hall–Kier alpha value is -1.60. The molecule has 0 aliphatic carbocycles. The van der Waals surface area contributed by atoms with Crippen molar-refractivity contribution in [2.75, 3.05) is 0 Å². The van der Waals surface area contributed by atoms with E-state index < -0.39 is 5.97 Å². The Morgan fingerprint density at radius 1 is 1.61 bits per heavy atom. The van der Waals surface area contributed by atoms with E-state index in [1.54, 1.807) is 0 Å². The number of hydrogen-bond acceptors (Lipinski definition) is 7. The van der Waals surface area contributed by atoms with Crippen molar-refractivity contribution in [3.8, 4) is 0 Å². The number of thioether (sulfide) groups is 1. The molecule has 0 aliphatic rings. The van der Waals surface area contributed by atoms with Gasteiger partial charge in [0.05, 0.1) is 5.97 Å². The Morgan fingerprint density at radius 2 is 2.44 bits per heavy atom. The van der Waals surface area contributed by atoms with Gasteiger partial charge in [-0.15, -0.1) is 21.5 Å². The molecule has 2 aromatic heterocycles. The molecule has 7 heteroatoms. The fraction of sp³-hybridized carbons (Fsp3) is 0.182. The van der Waals surface area contributed by atoms with Crippen LogP contribution in [0.25, 0.3) is 6.08 Å². The number of aryl methyl sites for hydroxylation is 1. The summed E-state index contributed by atoms with van der Waals surface area (Å²) in [5.41, 5.74) is 0. The topological polar surface area (TPSA) is 79.0 Å². The molecule has 0 saturated heterocycles. The standard InChI is InChI=1S/C11H10N2O3S2/c1-2-9-12-13-11(16-9)18-8(10(14)15)6-7-4-3-5-17-7/h3-6H,2H2,1H3,(H,14,15)/p-1/b8-6+. The summed E-state index contributed by atoms with van der Waals surface area (Å²) in [5, 5.41) is 20.6. The predicted octanol–water partition coefficient (Wildman–Crippen LogP) is 1.58. The van der Waals surface area contributed by atoms with Crippen LogP contribution in [0.3, 0.4) is 0 Å². The number of aliphatic carboxylic acids is 1. The van der Waals surface area contributed by atoms with E-state index in [4.69, 9.17) is 4.42 Å². The van der Waals surface area contributed by atoms with Gasteiger partial charge >= 0.3 is 0 Å². The summed E-state index contributed by atoms with van der Waals surface area (Å²) in [6.45, 7) is 1.88. The number of carboxylic acid groups (broad SMARTS) is 1. The minimum atomic E-state index is -1.26. The van der Waals surface area contributed by atoms with Crippen molar-refractivity contribution in [3.63, 3.8) is 0 Å². The molecule has 2 heterocycles. The monoisotopic (exact) mass is 281 g/mol. The lowest BCUT2D eigenvalue weighted by Crippen LogP contribution is -2.22. The molecule has 0 unspecified atom stereocenters. The smallest absolute Gasteiger partial charge is 0.281 e. The number of rotatable bonds is 5. The van der Waals surface area contributed by atoms with E-state index in [1.165, 1.54) is 17.4 Å². The largest absolute Gasteiger partial charge is 0.544 e. The number of nitrogens with zero attached hydrogens (tertiary/aromatic N) is 2. The van der Waals surface area contributed by atoms with Gasteiger partial charge in [0.1, 0.15) is 0 Å². The Bertz CT molecular complexity index is 561. The molecule has 0 bridgehead atoms. The Morgan fingerprint density at radius 3 is 3.00 bits per heavy atom. The second-order valence-corrected chi connectivity index (χ2v) is 5.20. The van der Waals surface area contributed by atoms with Crippen LogP contribution in [0, 0.1) is 0 Å². The van der Waals surface area contributed by atoms with Gasteiger partial charge in [0, 0.05) is 16.2 Å². The van der Waals surface area contributed by atoms with E-state index in [0.717, 1.165) is 16.6 Å². The maximum Gasteiger partial charge on any atom is 0.281 e. The number of aromatic nitrogens is 2. The van der Waals surface area contributed by atoms with Crippen molar-refractivity contribution in [2.24, 2.45) is 0 Å². The molecule has 0 fully saturated rings. The Balaban J connectivity index is 2.19. The molecule has 18 heavy (non-hydrogen) atoms. The number of carbonyl (C=O) groups is 1. The van der Waals surface area contributed by atoms with Gasteiger partial charge in [-0.05, 0) is 29.3 Å². The van der Waals surface area contributed by atoms with Crippen LogP contribution in [0.15, 0.2) is 32.1 Å². The van der Waals surface area contributed by atoms with Gasteiger partial charge in [0.2, 0.25) is 5.89 Å². The maximum atomic E-state index is 11.0. The third kappa shape index (κ3) is 3.21. The van der Waals surface area contributed by atoms with E-state index in [9.17, 15) is 9.90 Å². The summed E-state index contributed by atoms with van der Waals surface area (Å²) < 4.78 is 5.24. The lowest BCUT2D eigenvalue weighted by Gasteiger charge is -2.03.